The molecule has 1 heterocycles. The minimum absolute atomic E-state index is 0. The Hall–Kier alpha value is -2.50. The van der Waals surface area contributed by atoms with Gasteiger partial charge in [0, 0.05) is 23.1 Å². The summed E-state index contributed by atoms with van der Waals surface area (Å²) in [5, 5.41) is 3.97. The molecule has 0 saturated carbocycles. The number of benzene rings is 2. The van der Waals surface area contributed by atoms with Gasteiger partial charge in [0.25, 0.3) is 5.91 Å². The summed E-state index contributed by atoms with van der Waals surface area (Å²) in [4.78, 5) is 12.5. The van der Waals surface area contributed by atoms with Gasteiger partial charge in [-0.15, -0.1) is 12.4 Å². The predicted molar refractivity (Wildman–Crippen MR) is 105 cm³/mol. The van der Waals surface area contributed by atoms with Crippen LogP contribution in [0.5, 0.6) is 5.75 Å². The third kappa shape index (κ3) is 3.84. The third-order valence-corrected chi connectivity index (χ3v) is 4.37. The summed E-state index contributed by atoms with van der Waals surface area (Å²) in [7, 11) is 1.64. The highest BCUT2D eigenvalue weighted by Crippen LogP contribution is 2.32. The number of carbonyl (C=O) groups excluding carboxylic acids is 1. The van der Waals surface area contributed by atoms with Crippen molar-refractivity contribution in [3.8, 4) is 5.75 Å². The topological polar surface area (TPSA) is 77.5 Å². The van der Waals surface area contributed by atoms with E-state index in [0.717, 1.165) is 33.6 Å². The highest BCUT2D eigenvalue weighted by molar-refractivity contribution is 5.94. The van der Waals surface area contributed by atoms with Crippen molar-refractivity contribution in [1.82, 2.24) is 5.32 Å². The molecular formula is C20H23ClN2O3. The summed E-state index contributed by atoms with van der Waals surface area (Å²) in [5.74, 6) is 1.38. The van der Waals surface area contributed by atoms with E-state index in [4.69, 9.17) is 14.9 Å². The first kappa shape index (κ1) is 19.8. The number of carbonyl (C=O) groups is 1. The number of fused-ring (bicyclic) bond motifs is 1. The molecule has 5 nitrogen and oxygen atoms in total. The Morgan fingerprint density at radius 2 is 1.92 bits per heavy atom. The lowest BCUT2D eigenvalue weighted by Crippen LogP contribution is -2.26. The minimum atomic E-state index is -0.250. The fourth-order valence-electron chi connectivity index (χ4n) is 2.90. The van der Waals surface area contributed by atoms with E-state index in [9.17, 15) is 4.79 Å². The van der Waals surface area contributed by atoms with E-state index in [-0.39, 0.29) is 24.4 Å². The fraction of sp³-hybridized carbons (Fsp3) is 0.250. The van der Waals surface area contributed by atoms with Crippen LogP contribution in [0.3, 0.4) is 0 Å². The quantitative estimate of drug-likeness (QED) is 0.704. The number of hydrogen-bond donors (Lipinski definition) is 2. The smallest absolute Gasteiger partial charge is 0.251 e. The lowest BCUT2D eigenvalue weighted by atomic mass is 10.1. The molecule has 2 aromatic carbocycles. The summed E-state index contributed by atoms with van der Waals surface area (Å²) < 4.78 is 11.2. The van der Waals surface area contributed by atoms with Gasteiger partial charge in [0.15, 0.2) is 0 Å². The molecule has 1 unspecified atom stereocenters. The molecule has 0 aliphatic carbocycles. The molecule has 26 heavy (non-hydrogen) atoms. The number of rotatable bonds is 5. The van der Waals surface area contributed by atoms with Crippen molar-refractivity contribution < 1.29 is 13.9 Å². The molecule has 1 aromatic heterocycles. The van der Waals surface area contributed by atoms with E-state index in [1.54, 1.807) is 19.2 Å². The largest absolute Gasteiger partial charge is 0.497 e. The van der Waals surface area contributed by atoms with Crippen molar-refractivity contribution in [1.29, 1.82) is 0 Å². The molecule has 0 fully saturated rings. The molecule has 0 aliphatic rings. The normalized spacial score (nSPS) is 11.7. The number of furan rings is 1. The zero-order chi connectivity index (χ0) is 18.0. The second-order valence-electron chi connectivity index (χ2n) is 6.05. The van der Waals surface area contributed by atoms with Crippen LogP contribution in [0.4, 0.5) is 0 Å². The van der Waals surface area contributed by atoms with Gasteiger partial charge in [0.1, 0.15) is 17.1 Å². The van der Waals surface area contributed by atoms with Crippen LogP contribution in [0, 0.1) is 6.92 Å². The lowest BCUT2D eigenvalue weighted by Gasteiger charge is -2.13. The highest BCUT2D eigenvalue weighted by atomic mass is 35.5. The molecule has 0 radical (unpaired) electrons. The third-order valence-electron chi connectivity index (χ3n) is 4.37. The SMILES string of the molecule is COc1ccc2oc(C(C)NC(=O)c3ccc(CN)cc3)c(C)c2c1.Cl. The Morgan fingerprint density at radius 3 is 2.54 bits per heavy atom. The van der Waals surface area contributed by atoms with Crippen LogP contribution in [-0.2, 0) is 6.54 Å². The summed E-state index contributed by atoms with van der Waals surface area (Å²) in [6, 6.07) is 12.7. The van der Waals surface area contributed by atoms with Gasteiger partial charge in [-0.3, -0.25) is 4.79 Å². The van der Waals surface area contributed by atoms with Gasteiger partial charge in [0.05, 0.1) is 13.2 Å². The second kappa shape index (κ2) is 8.25. The van der Waals surface area contributed by atoms with E-state index in [2.05, 4.69) is 5.32 Å². The number of amides is 1. The number of methoxy groups -OCH3 is 1. The zero-order valence-electron chi connectivity index (χ0n) is 15.0. The van der Waals surface area contributed by atoms with E-state index in [1.165, 1.54) is 0 Å². The average Bonchev–Trinajstić information content (AvgIpc) is 2.98. The van der Waals surface area contributed by atoms with Crippen LogP contribution < -0.4 is 15.8 Å². The number of hydrogen-bond acceptors (Lipinski definition) is 4. The second-order valence-corrected chi connectivity index (χ2v) is 6.05. The van der Waals surface area contributed by atoms with Gasteiger partial charge >= 0.3 is 0 Å². The first-order valence-corrected chi connectivity index (χ1v) is 8.20. The van der Waals surface area contributed by atoms with Crippen molar-refractivity contribution in [3.05, 3.63) is 64.9 Å². The van der Waals surface area contributed by atoms with Crippen molar-refractivity contribution in [2.45, 2.75) is 26.4 Å². The predicted octanol–water partition coefficient (Wildman–Crippen LogP) is 4.12. The van der Waals surface area contributed by atoms with Crippen molar-refractivity contribution in [2.75, 3.05) is 7.11 Å². The molecule has 0 spiro atoms. The number of halogens is 1. The fourth-order valence-corrected chi connectivity index (χ4v) is 2.90. The number of nitrogens with one attached hydrogen (secondary N) is 1. The van der Waals surface area contributed by atoms with Crippen LogP contribution in [0.2, 0.25) is 0 Å². The van der Waals surface area contributed by atoms with Crippen LogP contribution in [0.15, 0.2) is 46.9 Å². The molecule has 3 N–H and O–H groups in total. The summed E-state index contributed by atoms with van der Waals surface area (Å²) in [6.07, 6.45) is 0. The van der Waals surface area contributed by atoms with Crippen molar-refractivity contribution in [2.24, 2.45) is 5.73 Å². The summed E-state index contributed by atoms with van der Waals surface area (Å²) in [6.45, 7) is 4.35. The minimum Gasteiger partial charge on any atom is -0.497 e. The van der Waals surface area contributed by atoms with Gasteiger partial charge in [0.2, 0.25) is 0 Å². The van der Waals surface area contributed by atoms with E-state index in [0.29, 0.717) is 12.1 Å². The maximum absolute atomic E-state index is 12.5. The standard InChI is InChI=1S/C20H22N2O3.ClH/c1-12-17-10-16(24-3)8-9-18(17)25-19(12)13(2)22-20(23)15-6-4-14(11-21)5-7-15;/h4-10,13H,11,21H2,1-3H3,(H,22,23);1H. The Kier molecular flexibility index (Phi) is 6.29. The van der Waals surface area contributed by atoms with Gasteiger partial charge < -0.3 is 20.2 Å². The maximum Gasteiger partial charge on any atom is 0.251 e. The van der Waals surface area contributed by atoms with Crippen molar-refractivity contribution >= 4 is 29.3 Å². The molecule has 0 aliphatic heterocycles. The Bertz CT molecular complexity index is 903. The number of aryl methyl sites for hydroxylation is 1. The Balaban J connectivity index is 0.00000243. The molecular weight excluding hydrogens is 352 g/mol. The van der Waals surface area contributed by atoms with E-state index in [1.807, 2.05) is 44.2 Å². The van der Waals surface area contributed by atoms with Gasteiger partial charge in [-0.05, 0) is 49.7 Å². The Morgan fingerprint density at radius 1 is 1.23 bits per heavy atom. The van der Waals surface area contributed by atoms with Gasteiger partial charge in [-0.1, -0.05) is 12.1 Å². The molecule has 138 valence electrons. The molecule has 3 rings (SSSR count). The van der Waals surface area contributed by atoms with Crippen LogP contribution in [-0.4, -0.2) is 13.0 Å². The van der Waals surface area contributed by atoms with Crippen LogP contribution >= 0.6 is 12.4 Å². The summed E-state index contributed by atoms with van der Waals surface area (Å²) in [5.41, 5.74) is 8.95. The van der Waals surface area contributed by atoms with E-state index < -0.39 is 0 Å². The van der Waals surface area contributed by atoms with Gasteiger partial charge in [-0.2, -0.15) is 0 Å². The number of nitrogens with two attached hydrogens (primary N) is 1. The maximum atomic E-state index is 12.5. The molecule has 0 bridgehead atoms. The average molecular weight is 375 g/mol. The monoisotopic (exact) mass is 374 g/mol. The first-order chi connectivity index (χ1) is 12.0. The van der Waals surface area contributed by atoms with Gasteiger partial charge in [-0.25, -0.2) is 0 Å². The Labute approximate surface area is 158 Å². The zero-order valence-corrected chi connectivity index (χ0v) is 15.9. The summed E-state index contributed by atoms with van der Waals surface area (Å²) >= 11 is 0. The van der Waals surface area contributed by atoms with Crippen LogP contribution in [0.1, 0.15) is 40.2 Å². The number of ether oxygens (including phenoxy) is 1. The molecule has 0 saturated heterocycles. The highest BCUT2D eigenvalue weighted by Gasteiger charge is 2.19. The van der Waals surface area contributed by atoms with Crippen molar-refractivity contribution in [3.63, 3.8) is 0 Å². The first-order valence-electron chi connectivity index (χ1n) is 8.20. The molecule has 6 heteroatoms. The van der Waals surface area contributed by atoms with E-state index >= 15 is 0 Å². The molecule has 3 aromatic rings. The molecule has 1 amide bonds. The van der Waals surface area contributed by atoms with Crippen LogP contribution in [0.25, 0.3) is 11.0 Å². The molecule has 1 atom stereocenters. The lowest BCUT2D eigenvalue weighted by molar-refractivity contribution is 0.0935.